The van der Waals surface area contributed by atoms with E-state index in [2.05, 4.69) is 27.1 Å². The first kappa shape index (κ1) is 10.2. The monoisotopic (exact) mass is 208 g/mol. The van der Waals surface area contributed by atoms with Crippen LogP contribution in [-0.2, 0) is 0 Å². The topological polar surface area (TPSA) is 61.0 Å². The fourth-order valence-electron chi connectivity index (χ4n) is 1.87. The number of aromatic amines is 1. The maximum Gasteiger partial charge on any atom is 0.252 e. The molecule has 2 heterocycles. The van der Waals surface area contributed by atoms with E-state index in [9.17, 15) is 4.79 Å². The molecule has 1 aromatic rings. The van der Waals surface area contributed by atoms with E-state index >= 15 is 0 Å². The molecule has 0 bridgehead atoms. The minimum Gasteiger partial charge on any atom is -0.354 e. The van der Waals surface area contributed by atoms with Crippen LogP contribution in [0.2, 0.25) is 0 Å². The molecule has 1 aromatic heterocycles. The van der Waals surface area contributed by atoms with Gasteiger partial charge >= 0.3 is 0 Å². The summed E-state index contributed by atoms with van der Waals surface area (Å²) in [5.41, 5.74) is -0.0799. The number of aromatic nitrogens is 2. The number of hydrogen-bond donors (Lipinski definition) is 2. The first-order chi connectivity index (χ1) is 7.15. The molecule has 0 radical (unpaired) electrons. The van der Waals surface area contributed by atoms with Gasteiger partial charge < -0.3 is 15.2 Å². The number of H-pyrrole nitrogens is 1. The van der Waals surface area contributed by atoms with Gasteiger partial charge in [-0.1, -0.05) is 0 Å². The Kier molecular flexibility index (Phi) is 2.73. The molecule has 0 aromatic carbocycles. The molecule has 2 N–H and O–H groups in total. The predicted octanol–water partition coefficient (Wildman–Crippen LogP) is -0.124. The number of hydrogen-bond acceptors (Lipinski definition) is 4. The second kappa shape index (κ2) is 4.02. The Hall–Kier alpha value is -1.36. The number of nitrogens with one attached hydrogen (secondary N) is 2. The summed E-state index contributed by atoms with van der Waals surface area (Å²) in [5.74, 6) is 1.45. The number of nitrogens with zero attached hydrogens (tertiary/aromatic N) is 2. The van der Waals surface area contributed by atoms with Gasteiger partial charge in [0.25, 0.3) is 5.56 Å². The third-order valence-electron chi connectivity index (χ3n) is 2.54. The first-order valence-electron chi connectivity index (χ1n) is 5.21. The van der Waals surface area contributed by atoms with Crippen molar-refractivity contribution in [3.63, 3.8) is 0 Å². The molecule has 0 aliphatic carbocycles. The van der Waals surface area contributed by atoms with E-state index in [1.807, 2.05) is 0 Å². The number of rotatable bonds is 1. The zero-order valence-electron chi connectivity index (χ0n) is 9.08. The fourth-order valence-corrected chi connectivity index (χ4v) is 1.87. The van der Waals surface area contributed by atoms with Crippen molar-refractivity contribution >= 4 is 5.82 Å². The van der Waals surface area contributed by atoms with Crippen molar-refractivity contribution < 1.29 is 0 Å². The van der Waals surface area contributed by atoms with Gasteiger partial charge in [-0.2, -0.15) is 0 Å². The highest BCUT2D eigenvalue weighted by atomic mass is 16.1. The second-order valence-corrected chi connectivity index (χ2v) is 3.99. The molecule has 82 valence electrons. The SMILES string of the molecule is Cc1nc(N2CCN[C@H](C)C2)cc(=O)[nH]1. The van der Waals surface area contributed by atoms with E-state index in [0.717, 1.165) is 25.5 Å². The van der Waals surface area contributed by atoms with E-state index in [1.165, 1.54) is 0 Å². The molecule has 2 rings (SSSR count). The first-order valence-corrected chi connectivity index (χ1v) is 5.21. The standard InChI is InChI=1S/C10H16N4O/c1-7-6-14(4-3-11-7)9-5-10(15)13-8(2)12-9/h5,7,11H,3-4,6H2,1-2H3,(H,12,13,15)/t7-/m1/s1. The van der Waals surface area contributed by atoms with Crippen molar-refractivity contribution in [1.29, 1.82) is 0 Å². The summed E-state index contributed by atoms with van der Waals surface area (Å²) in [5, 5.41) is 3.36. The molecule has 0 spiro atoms. The summed E-state index contributed by atoms with van der Waals surface area (Å²) < 4.78 is 0. The Morgan fingerprint density at radius 1 is 1.60 bits per heavy atom. The highest BCUT2D eigenvalue weighted by Gasteiger charge is 2.17. The van der Waals surface area contributed by atoms with Crippen LogP contribution in [0.1, 0.15) is 12.7 Å². The molecule has 5 heteroatoms. The normalized spacial score (nSPS) is 21.7. The molecule has 1 fully saturated rings. The third-order valence-corrected chi connectivity index (χ3v) is 2.54. The van der Waals surface area contributed by atoms with E-state index in [4.69, 9.17) is 0 Å². The van der Waals surface area contributed by atoms with E-state index in [0.29, 0.717) is 11.9 Å². The molecule has 15 heavy (non-hydrogen) atoms. The number of anilines is 1. The zero-order valence-corrected chi connectivity index (χ0v) is 9.08. The Morgan fingerprint density at radius 2 is 2.40 bits per heavy atom. The highest BCUT2D eigenvalue weighted by molar-refractivity contribution is 5.38. The van der Waals surface area contributed by atoms with Crippen LogP contribution in [0.3, 0.4) is 0 Å². The molecule has 1 atom stereocenters. The molecular formula is C10H16N4O. The van der Waals surface area contributed by atoms with Gasteiger partial charge in [-0.05, 0) is 13.8 Å². The number of aryl methyl sites for hydroxylation is 1. The summed E-state index contributed by atoms with van der Waals surface area (Å²) in [6.07, 6.45) is 0. The quantitative estimate of drug-likeness (QED) is 0.675. The molecule has 1 saturated heterocycles. The summed E-state index contributed by atoms with van der Waals surface area (Å²) in [4.78, 5) is 20.4. The van der Waals surface area contributed by atoms with Gasteiger partial charge in [-0.15, -0.1) is 0 Å². The molecule has 0 unspecified atom stereocenters. The molecule has 0 amide bonds. The van der Waals surface area contributed by atoms with Crippen molar-refractivity contribution in [2.45, 2.75) is 19.9 Å². The van der Waals surface area contributed by atoms with Gasteiger partial charge in [-0.25, -0.2) is 4.98 Å². The lowest BCUT2D eigenvalue weighted by molar-refractivity contribution is 0.482. The third kappa shape index (κ3) is 2.36. The largest absolute Gasteiger partial charge is 0.354 e. The highest BCUT2D eigenvalue weighted by Crippen LogP contribution is 2.10. The Morgan fingerprint density at radius 3 is 3.07 bits per heavy atom. The number of piperazine rings is 1. The summed E-state index contributed by atoms with van der Waals surface area (Å²) in [6.45, 7) is 6.67. The predicted molar refractivity (Wildman–Crippen MR) is 59.3 cm³/mol. The molecule has 5 nitrogen and oxygen atoms in total. The van der Waals surface area contributed by atoms with E-state index in [1.54, 1.807) is 13.0 Å². The van der Waals surface area contributed by atoms with Crippen molar-refractivity contribution in [2.75, 3.05) is 24.5 Å². The average molecular weight is 208 g/mol. The van der Waals surface area contributed by atoms with Crippen LogP contribution in [0.25, 0.3) is 0 Å². The molecule has 1 aliphatic heterocycles. The molecule has 1 aliphatic rings. The Bertz CT molecular complexity index is 401. The van der Waals surface area contributed by atoms with Gasteiger partial charge in [0, 0.05) is 31.7 Å². The van der Waals surface area contributed by atoms with E-state index in [-0.39, 0.29) is 5.56 Å². The van der Waals surface area contributed by atoms with Gasteiger partial charge in [0.15, 0.2) is 0 Å². The van der Waals surface area contributed by atoms with Gasteiger partial charge in [0.2, 0.25) is 0 Å². The second-order valence-electron chi connectivity index (χ2n) is 3.99. The van der Waals surface area contributed by atoms with E-state index < -0.39 is 0 Å². The van der Waals surface area contributed by atoms with Crippen LogP contribution >= 0.6 is 0 Å². The molecular weight excluding hydrogens is 192 g/mol. The lowest BCUT2D eigenvalue weighted by atomic mass is 10.2. The maximum absolute atomic E-state index is 11.3. The minimum atomic E-state index is -0.0799. The summed E-state index contributed by atoms with van der Waals surface area (Å²) in [7, 11) is 0. The fraction of sp³-hybridized carbons (Fsp3) is 0.600. The van der Waals surface area contributed by atoms with Crippen molar-refractivity contribution in [3.8, 4) is 0 Å². The Balaban J connectivity index is 2.24. The van der Waals surface area contributed by atoms with Gasteiger partial charge in [0.1, 0.15) is 11.6 Å². The van der Waals surface area contributed by atoms with Crippen LogP contribution in [0, 0.1) is 6.92 Å². The van der Waals surface area contributed by atoms with Crippen molar-refractivity contribution in [3.05, 3.63) is 22.2 Å². The van der Waals surface area contributed by atoms with Crippen LogP contribution in [0.15, 0.2) is 10.9 Å². The minimum absolute atomic E-state index is 0.0799. The van der Waals surface area contributed by atoms with Crippen LogP contribution in [-0.4, -0.2) is 35.6 Å². The summed E-state index contributed by atoms with van der Waals surface area (Å²) >= 11 is 0. The smallest absolute Gasteiger partial charge is 0.252 e. The zero-order chi connectivity index (χ0) is 10.8. The van der Waals surface area contributed by atoms with Crippen molar-refractivity contribution in [1.82, 2.24) is 15.3 Å². The average Bonchev–Trinajstić information content (AvgIpc) is 2.16. The lowest BCUT2D eigenvalue weighted by Crippen LogP contribution is -2.49. The maximum atomic E-state index is 11.3. The van der Waals surface area contributed by atoms with Crippen LogP contribution in [0.5, 0.6) is 0 Å². The summed E-state index contributed by atoms with van der Waals surface area (Å²) in [6, 6.07) is 2.01. The van der Waals surface area contributed by atoms with Gasteiger partial charge in [0.05, 0.1) is 0 Å². The van der Waals surface area contributed by atoms with Gasteiger partial charge in [-0.3, -0.25) is 4.79 Å². The molecule has 0 saturated carbocycles. The Labute approximate surface area is 88.5 Å². The van der Waals surface area contributed by atoms with Crippen LogP contribution in [0.4, 0.5) is 5.82 Å². The lowest BCUT2D eigenvalue weighted by Gasteiger charge is -2.32. The van der Waals surface area contributed by atoms with Crippen molar-refractivity contribution in [2.24, 2.45) is 0 Å². The van der Waals surface area contributed by atoms with Crippen LogP contribution < -0.4 is 15.8 Å².